The predicted octanol–water partition coefficient (Wildman–Crippen LogP) is 3.92. The van der Waals surface area contributed by atoms with Gasteiger partial charge in [-0.3, -0.25) is 4.79 Å². The van der Waals surface area contributed by atoms with E-state index in [1.54, 1.807) is 12.1 Å². The van der Waals surface area contributed by atoms with E-state index in [2.05, 4.69) is 0 Å². The first-order valence-corrected chi connectivity index (χ1v) is 7.79. The van der Waals surface area contributed by atoms with Crippen molar-refractivity contribution in [2.24, 2.45) is 0 Å². The quantitative estimate of drug-likeness (QED) is 0.496. The van der Waals surface area contributed by atoms with Gasteiger partial charge in [-0.15, -0.1) is 0 Å². The van der Waals surface area contributed by atoms with Crippen LogP contribution in [0.5, 0.6) is 5.75 Å². The molecule has 4 nitrogen and oxygen atoms in total. The molecule has 26 heavy (non-hydrogen) atoms. The first kappa shape index (κ1) is 17.5. The fourth-order valence-corrected chi connectivity index (χ4v) is 2.43. The van der Waals surface area contributed by atoms with E-state index in [-0.39, 0.29) is 0 Å². The Balaban J connectivity index is 1.57. The maximum atomic E-state index is 13.5. The number of Topliss-reactive ketones (excluding diaryl/α,β-unsaturated/α-hetero) is 1. The van der Waals surface area contributed by atoms with E-state index in [0.717, 1.165) is 29.0 Å². The lowest BCUT2D eigenvalue weighted by Crippen LogP contribution is -2.20. The predicted molar refractivity (Wildman–Crippen MR) is 91.1 cm³/mol. The third-order valence-corrected chi connectivity index (χ3v) is 3.69. The lowest BCUT2D eigenvalue weighted by molar-refractivity contribution is -0.144. The summed E-state index contributed by atoms with van der Waals surface area (Å²) in [6, 6.07) is 15.4. The van der Waals surface area contributed by atoms with E-state index in [9.17, 15) is 18.4 Å². The summed E-state index contributed by atoms with van der Waals surface area (Å²) in [5, 5.41) is 1.79. The Labute approximate surface area is 148 Å². The number of esters is 1. The minimum atomic E-state index is -0.876. The highest BCUT2D eigenvalue weighted by Gasteiger charge is 2.15. The maximum absolute atomic E-state index is 13.5. The third kappa shape index (κ3) is 4.03. The average molecular weight is 356 g/mol. The van der Waals surface area contributed by atoms with Crippen LogP contribution in [0.2, 0.25) is 0 Å². The molecule has 0 atom stereocenters. The van der Waals surface area contributed by atoms with Gasteiger partial charge in [-0.25, -0.2) is 13.6 Å². The van der Waals surface area contributed by atoms with Crippen molar-refractivity contribution >= 4 is 22.5 Å². The molecule has 6 heteroatoms. The fraction of sp³-hybridized carbons (Fsp3) is 0.100. The molecule has 3 aromatic rings. The van der Waals surface area contributed by atoms with Gasteiger partial charge >= 0.3 is 5.97 Å². The smallest absolute Gasteiger partial charge is 0.344 e. The van der Waals surface area contributed by atoms with Gasteiger partial charge in [0.15, 0.2) is 13.2 Å². The number of halogens is 2. The SMILES string of the molecule is O=C(COc1cccc2ccccc12)OCC(=O)c1cc(F)ccc1F. The zero-order valence-corrected chi connectivity index (χ0v) is 13.6. The molecule has 3 aromatic carbocycles. The lowest BCUT2D eigenvalue weighted by Gasteiger charge is -2.09. The number of ketones is 1. The summed E-state index contributed by atoms with van der Waals surface area (Å²) < 4.78 is 36.8. The van der Waals surface area contributed by atoms with Crippen LogP contribution in [0.25, 0.3) is 10.8 Å². The van der Waals surface area contributed by atoms with Crippen LogP contribution in [0.1, 0.15) is 10.4 Å². The Morgan fingerprint density at radius 1 is 0.885 bits per heavy atom. The Morgan fingerprint density at radius 3 is 2.50 bits per heavy atom. The van der Waals surface area contributed by atoms with Crippen molar-refractivity contribution in [3.63, 3.8) is 0 Å². The second-order valence-electron chi connectivity index (χ2n) is 5.47. The van der Waals surface area contributed by atoms with Crippen LogP contribution < -0.4 is 4.74 Å². The number of hydrogen-bond donors (Lipinski definition) is 0. The number of carbonyl (C=O) groups excluding carboxylic acids is 2. The van der Waals surface area contributed by atoms with Gasteiger partial charge in [-0.1, -0.05) is 36.4 Å². The number of hydrogen-bond acceptors (Lipinski definition) is 4. The molecule has 0 radical (unpaired) electrons. The number of ether oxygens (including phenoxy) is 2. The Kier molecular flexibility index (Phi) is 5.22. The van der Waals surface area contributed by atoms with Crippen LogP contribution in [0, 0.1) is 11.6 Å². The second kappa shape index (κ2) is 7.74. The Bertz CT molecular complexity index is 964. The van der Waals surface area contributed by atoms with Gasteiger partial charge < -0.3 is 9.47 Å². The van der Waals surface area contributed by atoms with E-state index >= 15 is 0 Å². The molecule has 132 valence electrons. The van der Waals surface area contributed by atoms with Crippen LogP contribution in [0.15, 0.2) is 60.7 Å². The molecule has 0 fully saturated rings. The van der Waals surface area contributed by atoms with Crippen molar-refractivity contribution in [3.8, 4) is 5.75 Å². The molecule has 0 aromatic heterocycles. The van der Waals surface area contributed by atoms with Gasteiger partial charge in [-0.2, -0.15) is 0 Å². The lowest BCUT2D eigenvalue weighted by atomic mass is 10.1. The molecule has 0 saturated heterocycles. The van der Waals surface area contributed by atoms with Crippen LogP contribution in [-0.4, -0.2) is 25.0 Å². The monoisotopic (exact) mass is 356 g/mol. The second-order valence-corrected chi connectivity index (χ2v) is 5.47. The number of fused-ring (bicyclic) bond motifs is 1. The normalized spacial score (nSPS) is 10.5. The van der Waals surface area contributed by atoms with Gasteiger partial charge in [0.25, 0.3) is 0 Å². The third-order valence-electron chi connectivity index (χ3n) is 3.69. The van der Waals surface area contributed by atoms with E-state index < -0.39 is 42.2 Å². The molecule has 0 N–H and O–H groups in total. The topological polar surface area (TPSA) is 52.6 Å². The molecule has 0 aliphatic heterocycles. The average Bonchev–Trinajstić information content (AvgIpc) is 2.66. The highest BCUT2D eigenvalue weighted by atomic mass is 19.1. The highest BCUT2D eigenvalue weighted by molar-refractivity contribution is 5.98. The number of benzene rings is 3. The molecule has 0 heterocycles. The van der Waals surface area contributed by atoms with E-state index in [1.165, 1.54) is 0 Å². The van der Waals surface area contributed by atoms with Gasteiger partial charge in [0.2, 0.25) is 5.78 Å². The maximum Gasteiger partial charge on any atom is 0.344 e. The first-order valence-electron chi connectivity index (χ1n) is 7.79. The van der Waals surface area contributed by atoms with Crippen LogP contribution in [0.3, 0.4) is 0 Å². The fourth-order valence-electron chi connectivity index (χ4n) is 2.43. The molecule has 0 amide bonds. The summed E-state index contributed by atoms with van der Waals surface area (Å²) in [6.45, 7) is -1.11. The van der Waals surface area contributed by atoms with Crippen molar-refractivity contribution < 1.29 is 27.8 Å². The number of rotatable bonds is 6. The molecule has 0 bridgehead atoms. The zero-order valence-electron chi connectivity index (χ0n) is 13.6. The minimum absolute atomic E-state index is 0.410. The summed E-state index contributed by atoms with van der Waals surface area (Å²) in [5.74, 6) is -2.74. The van der Waals surface area contributed by atoms with Crippen LogP contribution in [-0.2, 0) is 9.53 Å². The van der Waals surface area contributed by atoms with E-state index in [4.69, 9.17) is 9.47 Å². The Hall–Kier alpha value is -3.28. The molecule has 0 unspecified atom stereocenters. The molecular weight excluding hydrogens is 342 g/mol. The van der Waals surface area contributed by atoms with Crippen LogP contribution >= 0.6 is 0 Å². The Morgan fingerprint density at radius 2 is 1.65 bits per heavy atom. The van der Waals surface area contributed by atoms with Crippen molar-refractivity contribution in [3.05, 3.63) is 77.9 Å². The van der Waals surface area contributed by atoms with E-state index in [1.807, 2.05) is 30.3 Å². The summed E-state index contributed by atoms with van der Waals surface area (Å²) in [6.07, 6.45) is 0. The van der Waals surface area contributed by atoms with Gasteiger partial charge in [-0.05, 0) is 29.7 Å². The van der Waals surface area contributed by atoms with Gasteiger partial charge in [0.1, 0.15) is 17.4 Å². The standard InChI is InChI=1S/C20H14F2O4/c21-14-8-9-17(22)16(10-14)18(23)11-26-20(24)12-25-19-7-3-5-13-4-1-2-6-15(13)19/h1-10H,11-12H2. The highest BCUT2D eigenvalue weighted by Crippen LogP contribution is 2.25. The first-order chi connectivity index (χ1) is 12.5. The molecular formula is C20H14F2O4. The molecule has 0 saturated carbocycles. The summed E-state index contributed by atoms with van der Waals surface area (Å²) in [4.78, 5) is 23.6. The number of carbonyl (C=O) groups is 2. The van der Waals surface area contributed by atoms with E-state index in [0.29, 0.717) is 5.75 Å². The molecule has 0 aliphatic carbocycles. The van der Waals surface area contributed by atoms with Crippen molar-refractivity contribution in [1.82, 2.24) is 0 Å². The van der Waals surface area contributed by atoms with Crippen molar-refractivity contribution in [2.45, 2.75) is 0 Å². The summed E-state index contributed by atoms with van der Waals surface area (Å²) in [7, 11) is 0. The molecule has 0 aliphatic rings. The van der Waals surface area contributed by atoms with Crippen LogP contribution in [0.4, 0.5) is 8.78 Å². The molecule has 0 spiro atoms. The zero-order chi connectivity index (χ0) is 18.5. The van der Waals surface area contributed by atoms with Gasteiger partial charge in [0, 0.05) is 5.39 Å². The minimum Gasteiger partial charge on any atom is -0.481 e. The summed E-state index contributed by atoms with van der Waals surface area (Å²) in [5.41, 5.74) is -0.465. The van der Waals surface area contributed by atoms with Crippen molar-refractivity contribution in [2.75, 3.05) is 13.2 Å². The summed E-state index contributed by atoms with van der Waals surface area (Å²) >= 11 is 0. The van der Waals surface area contributed by atoms with Gasteiger partial charge in [0.05, 0.1) is 5.56 Å². The van der Waals surface area contributed by atoms with Crippen molar-refractivity contribution in [1.29, 1.82) is 0 Å². The largest absolute Gasteiger partial charge is 0.481 e. The molecule has 3 rings (SSSR count).